The van der Waals surface area contributed by atoms with Gasteiger partial charge in [0.2, 0.25) is 0 Å². The Kier molecular flexibility index (Phi) is 5.10. The van der Waals surface area contributed by atoms with E-state index in [-0.39, 0.29) is 0 Å². The molecule has 0 aliphatic carbocycles. The molecule has 0 fully saturated rings. The van der Waals surface area contributed by atoms with Gasteiger partial charge in [-0.05, 0) is 0 Å². The molecule has 0 aromatic heterocycles. The maximum absolute atomic E-state index is 13.1. The highest BCUT2D eigenvalue weighted by Crippen LogP contribution is 2.33. The smallest absolute Gasteiger partial charge is 0.347 e. The average molecular weight is 278 g/mol. The molecule has 0 spiro atoms. The van der Waals surface area contributed by atoms with E-state index >= 15 is 0 Å². The molecule has 0 aliphatic heterocycles. The van der Waals surface area contributed by atoms with Gasteiger partial charge in [0.05, 0.1) is 0 Å². The lowest BCUT2D eigenvalue weighted by atomic mass is 10.3. The summed E-state index contributed by atoms with van der Waals surface area (Å²) in [7, 11) is 0.437. The second-order valence-electron chi connectivity index (χ2n) is 2.62. The van der Waals surface area contributed by atoms with Crippen molar-refractivity contribution in [1.82, 2.24) is 0 Å². The first-order valence-corrected chi connectivity index (χ1v) is 3.73. The van der Waals surface area contributed by atoms with Crippen molar-refractivity contribution < 1.29 is 49.3 Å². The van der Waals surface area contributed by atoms with Crippen molar-refractivity contribution in [2.24, 2.45) is 0 Å². The van der Waals surface area contributed by atoms with Gasteiger partial charge in [-0.2, -0.15) is 0 Å². The molecule has 0 amide bonds. The van der Waals surface area contributed by atoms with Crippen molar-refractivity contribution in [3.8, 4) is 0 Å². The van der Waals surface area contributed by atoms with E-state index in [2.05, 4.69) is 14.2 Å². The third-order valence-electron chi connectivity index (χ3n) is 1.26. The van der Waals surface area contributed by atoms with Gasteiger partial charge in [-0.3, -0.25) is 4.74 Å². The summed E-state index contributed by atoms with van der Waals surface area (Å²) < 4.78 is 104. The van der Waals surface area contributed by atoms with E-state index in [1.807, 2.05) is 0 Å². The predicted molar refractivity (Wildman–Crippen MR) is 34.9 cm³/mol. The third kappa shape index (κ3) is 6.58. The molecule has 0 aliphatic rings. The number of hydrogen-bond acceptors (Lipinski definition) is 3. The molecule has 0 aromatic rings. The van der Waals surface area contributed by atoms with Crippen LogP contribution in [0.3, 0.4) is 0 Å². The zero-order valence-electron chi connectivity index (χ0n) is 8.03. The van der Waals surface area contributed by atoms with E-state index < -0.39 is 31.5 Å². The van der Waals surface area contributed by atoms with E-state index in [1.54, 1.807) is 0 Å². The summed E-state index contributed by atoms with van der Waals surface area (Å²) in [4.78, 5) is 0. The van der Waals surface area contributed by atoms with Gasteiger partial charge in [-0.25, -0.2) is 13.5 Å². The zero-order valence-corrected chi connectivity index (χ0v) is 8.03. The van der Waals surface area contributed by atoms with Crippen molar-refractivity contribution in [2.45, 2.75) is 24.9 Å². The SMILES string of the molecule is COC(F)C(F)(COC(F)(F)F)OC(F)(F)F. The molecule has 0 saturated carbocycles. The number of alkyl halides is 8. The molecule has 2 unspecified atom stereocenters. The van der Waals surface area contributed by atoms with Crippen LogP contribution in [-0.2, 0) is 14.2 Å². The first kappa shape index (κ1) is 16.3. The summed E-state index contributed by atoms with van der Waals surface area (Å²) in [6.07, 6.45) is -14.6. The summed E-state index contributed by atoms with van der Waals surface area (Å²) in [5, 5.41) is 0. The fourth-order valence-electron chi connectivity index (χ4n) is 0.690. The van der Waals surface area contributed by atoms with Gasteiger partial charge in [0.1, 0.15) is 6.61 Å². The minimum atomic E-state index is -5.70. The van der Waals surface area contributed by atoms with E-state index in [0.717, 1.165) is 0 Å². The summed E-state index contributed by atoms with van der Waals surface area (Å²) in [6.45, 7) is -2.37. The fourth-order valence-corrected chi connectivity index (χ4v) is 0.690. The summed E-state index contributed by atoms with van der Waals surface area (Å²) in [5.41, 5.74) is 0. The monoisotopic (exact) mass is 278 g/mol. The minimum absolute atomic E-state index is 0.437. The summed E-state index contributed by atoms with van der Waals surface area (Å²) >= 11 is 0. The first-order valence-electron chi connectivity index (χ1n) is 3.73. The quantitative estimate of drug-likeness (QED) is 0.724. The van der Waals surface area contributed by atoms with Gasteiger partial charge >= 0.3 is 12.7 Å². The molecule has 11 heteroatoms. The average Bonchev–Trinajstić information content (AvgIpc) is 2.09. The van der Waals surface area contributed by atoms with Crippen LogP contribution in [0.4, 0.5) is 35.1 Å². The maximum atomic E-state index is 13.1. The summed E-state index contributed by atoms with van der Waals surface area (Å²) in [6, 6.07) is 0. The van der Waals surface area contributed by atoms with E-state index in [1.165, 1.54) is 0 Å². The van der Waals surface area contributed by atoms with Crippen LogP contribution in [0.5, 0.6) is 0 Å². The van der Waals surface area contributed by atoms with Crippen LogP contribution in [0.25, 0.3) is 0 Å². The van der Waals surface area contributed by atoms with Crippen molar-refractivity contribution in [3.05, 3.63) is 0 Å². The molecule has 0 rings (SSSR count). The highest BCUT2D eigenvalue weighted by atomic mass is 19.4. The molecule has 17 heavy (non-hydrogen) atoms. The largest absolute Gasteiger partial charge is 0.525 e. The van der Waals surface area contributed by atoms with Crippen LogP contribution in [0.1, 0.15) is 0 Å². The summed E-state index contributed by atoms with van der Waals surface area (Å²) in [5.74, 6) is -4.46. The second-order valence-corrected chi connectivity index (χ2v) is 2.62. The Morgan fingerprint density at radius 3 is 1.71 bits per heavy atom. The Balaban J connectivity index is 4.74. The minimum Gasteiger partial charge on any atom is -0.347 e. The standard InChI is InChI=1S/C6H6F8O3/c1-15-3(7)4(8,17-6(12,13)14)2-16-5(9,10)11/h3H,2H2,1H3. The Morgan fingerprint density at radius 1 is 0.941 bits per heavy atom. The van der Waals surface area contributed by atoms with Gasteiger partial charge in [0, 0.05) is 7.11 Å². The van der Waals surface area contributed by atoms with Crippen LogP contribution in [-0.4, -0.2) is 38.7 Å². The zero-order chi connectivity index (χ0) is 13.9. The molecule has 3 nitrogen and oxygen atoms in total. The van der Waals surface area contributed by atoms with Crippen molar-refractivity contribution >= 4 is 0 Å². The van der Waals surface area contributed by atoms with Crippen LogP contribution in [0, 0.1) is 0 Å². The Hall–Kier alpha value is -0.680. The normalized spacial score (nSPS) is 18.9. The fraction of sp³-hybridized carbons (Fsp3) is 1.00. The lowest BCUT2D eigenvalue weighted by molar-refractivity contribution is -0.441. The molecule has 104 valence electrons. The first-order chi connectivity index (χ1) is 7.40. The predicted octanol–water partition coefficient (Wildman–Crippen LogP) is 2.67. The van der Waals surface area contributed by atoms with Crippen LogP contribution < -0.4 is 0 Å². The molecule has 0 bridgehead atoms. The molecule has 0 aromatic carbocycles. The van der Waals surface area contributed by atoms with Crippen LogP contribution >= 0.6 is 0 Å². The topological polar surface area (TPSA) is 27.7 Å². The number of halogens is 8. The molecule has 2 atom stereocenters. The molecule has 0 N–H and O–H groups in total. The number of hydrogen-bond donors (Lipinski definition) is 0. The molecular weight excluding hydrogens is 272 g/mol. The lowest BCUT2D eigenvalue weighted by Crippen LogP contribution is -2.48. The van der Waals surface area contributed by atoms with Crippen LogP contribution in [0.15, 0.2) is 0 Å². The van der Waals surface area contributed by atoms with Crippen molar-refractivity contribution in [2.75, 3.05) is 13.7 Å². The van der Waals surface area contributed by atoms with Crippen molar-refractivity contribution in [3.63, 3.8) is 0 Å². The lowest BCUT2D eigenvalue weighted by Gasteiger charge is -2.28. The molecule has 0 saturated heterocycles. The van der Waals surface area contributed by atoms with Gasteiger partial charge < -0.3 is 4.74 Å². The Labute approximate surface area is 89.2 Å². The van der Waals surface area contributed by atoms with Crippen LogP contribution in [0.2, 0.25) is 0 Å². The molecule has 0 heterocycles. The Morgan fingerprint density at radius 2 is 1.41 bits per heavy atom. The highest BCUT2D eigenvalue weighted by molar-refractivity contribution is 4.72. The van der Waals surface area contributed by atoms with Crippen molar-refractivity contribution in [1.29, 1.82) is 0 Å². The highest BCUT2D eigenvalue weighted by Gasteiger charge is 2.53. The Bertz CT molecular complexity index is 238. The van der Waals surface area contributed by atoms with Gasteiger partial charge in [0.15, 0.2) is 0 Å². The van der Waals surface area contributed by atoms with E-state index in [4.69, 9.17) is 0 Å². The van der Waals surface area contributed by atoms with Gasteiger partial charge in [0.25, 0.3) is 12.2 Å². The van der Waals surface area contributed by atoms with E-state index in [0.29, 0.717) is 7.11 Å². The molecular formula is C6H6F8O3. The number of rotatable bonds is 5. The maximum Gasteiger partial charge on any atom is 0.525 e. The van der Waals surface area contributed by atoms with Gasteiger partial charge in [-0.1, -0.05) is 0 Å². The van der Waals surface area contributed by atoms with E-state index in [9.17, 15) is 35.1 Å². The van der Waals surface area contributed by atoms with Gasteiger partial charge in [-0.15, -0.1) is 26.3 Å². The second kappa shape index (κ2) is 5.31. The molecule has 0 radical (unpaired) electrons. The number of methoxy groups -OCH3 is 1. The third-order valence-corrected chi connectivity index (χ3v) is 1.26. The number of ether oxygens (including phenoxy) is 3.